The molecule has 0 aliphatic rings. The molecule has 8 aromatic rings. The van der Waals surface area contributed by atoms with Gasteiger partial charge in [0.15, 0.2) is 0 Å². The van der Waals surface area contributed by atoms with Crippen molar-refractivity contribution in [3.05, 3.63) is 157 Å². The van der Waals surface area contributed by atoms with E-state index in [2.05, 4.69) is 0 Å². The summed E-state index contributed by atoms with van der Waals surface area (Å²) in [4.78, 5) is 0. The van der Waals surface area contributed by atoms with E-state index in [4.69, 9.17) is 24.7 Å². The van der Waals surface area contributed by atoms with Crippen LogP contribution in [0, 0.1) is 0 Å². The van der Waals surface area contributed by atoms with Gasteiger partial charge in [-0.05, 0) is 88.6 Å². The smallest absolute Gasteiger partial charge is 0.0622 e. The van der Waals surface area contributed by atoms with Crippen molar-refractivity contribution < 1.29 is 35.6 Å². The number of benzene rings is 8. The van der Waals surface area contributed by atoms with E-state index in [0.29, 0.717) is 0 Å². The third-order valence-electron chi connectivity index (χ3n) is 6.38. The van der Waals surface area contributed by atoms with Gasteiger partial charge in [-0.3, -0.25) is 0 Å². The number of rotatable bonds is 3. The number of fused-ring (bicyclic) bond motifs is 5. The van der Waals surface area contributed by atoms with Gasteiger partial charge in [0.05, 0.1) is 35.6 Å². The lowest BCUT2D eigenvalue weighted by Crippen LogP contribution is -1.91. The molecule has 0 amide bonds. The average molecular weight is 533 g/mol. The fraction of sp³-hybridized carbons (Fsp3) is 0. The molecule has 0 radical (unpaired) electrons. The standard InChI is InChI=1S/C40H26/c1-2-13-27(14-3-1)39-34-21-8-10-23-36(34)40(37-24-11-9-22-35(37)39)30-17-12-16-28(25-30)38-26-29-15-4-5-18-31(29)32-19-6-7-20-33(32)38/h1-26H/i1D,2D,3D,4D,5D,6D,7D,8D,9D,10D,11D,12D,13D,14D,15D,16D,17D,18D,19D,20D,21D,22D,23D,24D,25D,26D. The monoisotopic (exact) mass is 532 g/mol. The first-order valence-corrected chi connectivity index (χ1v) is 11.8. The van der Waals surface area contributed by atoms with Gasteiger partial charge in [-0.25, -0.2) is 0 Å². The Balaban J connectivity index is 1.76. The van der Waals surface area contributed by atoms with Crippen molar-refractivity contribution in [3.63, 3.8) is 0 Å². The molecule has 0 aromatic heterocycles. The van der Waals surface area contributed by atoms with Crippen molar-refractivity contribution in [2.75, 3.05) is 0 Å². The summed E-state index contributed by atoms with van der Waals surface area (Å²) in [6.45, 7) is 0. The number of hydrogen-bond donors (Lipinski definition) is 0. The van der Waals surface area contributed by atoms with E-state index < -0.39 is 234 Å². The quantitative estimate of drug-likeness (QED) is 0.157. The van der Waals surface area contributed by atoms with Crippen LogP contribution in [0.1, 0.15) is 35.6 Å². The molecule has 0 nitrogen and oxygen atoms in total. The van der Waals surface area contributed by atoms with E-state index in [1.54, 1.807) is 0 Å². The fourth-order valence-electron chi connectivity index (χ4n) is 4.75. The molecule has 0 N–H and O–H groups in total. The lowest BCUT2D eigenvalue weighted by Gasteiger charge is -2.18. The molecule has 186 valence electrons. The minimum atomic E-state index is -1.09. The minimum absolute atomic E-state index is 0.523. The molecule has 0 bridgehead atoms. The Morgan fingerprint density at radius 2 is 0.750 bits per heavy atom. The summed E-state index contributed by atoms with van der Waals surface area (Å²) >= 11 is 0. The van der Waals surface area contributed by atoms with E-state index in [1.807, 2.05) is 0 Å². The summed E-state index contributed by atoms with van der Waals surface area (Å²) in [6, 6.07) is -24.5. The first kappa shape index (κ1) is 8.65. The molecule has 40 heavy (non-hydrogen) atoms. The second kappa shape index (κ2) is 9.22. The molecule has 0 saturated carbocycles. The van der Waals surface area contributed by atoms with Crippen LogP contribution in [-0.2, 0) is 0 Å². The van der Waals surface area contributed by atoms with Crippen LogP contribution in [0.4, 0.5) is 0 Å². The number of hydrogen-bond acceptors (Lipinski definition) is 0. The molecule has 8 rings (SSSR count). The third kappa shape index (κ3) is 3.54. The Morgan fingerprint density at radius 3 is 1.40 bits per heavy atom. The largest absolute Gasteiger partial charge is 0.0636 e. The zero-order valence-electron chi connectivity index (χ0n) is 46.0. The van der Waals surface area contributed by atoms with Crippen LogP contribution >= 0.6 is 0 Å². The van der Waals surface area contributed by atoms with Crippen molar-refractivity contribution in [2.45, 2.75) is 0 Å². The van der Waals surface area contributed by atoms with Gasteiger partial charge in [0.2, 0.25) is 0 Å². The van der Waals surface area contributed by atoms with Gasteiger partial charge in [-0.1, -0.05) is 145 Å². The maximum absolute atomic E-state index is 9.86. The van der Waals surface area contributed by atoms with Gasteiger partial charge < -0.3 is 0 Å². The molecular weight excluding hydrogens is 480 g/mol. The van der Waals surface area contributed by atoms with Crippen LogP contribution in [-0.4, -0.2) is 0 Å². The summed E-state index contributed by atoms with van der Waals surface area (Å²) in [5.41, 5.74) is -4.70. The van der Waals surface area contributed by atoms with E-state index >= 15 is 0 Å². The zero-order chi connectivity index (χ0) is 49.1. The van der Waals surface area contributed by atoms with E-state index in [9.17, 15) is 11.0 Å². The van der Waals surface area contributed by atoms with Gasteiger partial charge >= 0.3 is 0 Å². The third-order valence-corrected chi connectivity index (χ3v) is 6.38. The Labute approximate surface area is 270 Å². The van der Waals surface area contributed by atoms with Crippen molar-refractivity contribution in [1.82, 2.24) is 0 Å². The highest BCUT2D eigenvalue weighted by molar-refractivity contribution is 6.21. The molecule has 0 unspecified atom stereocenters. The Hall–Kier alpha value is -5.20. The first-order chi connectivity index (χ1) is 30.7. The lowest BCUT2D eigenvalue weighted by atomic mass is 9.85. The fourth-order valence-corrected chi connectivity index (χ4v) is 4.75. The molecule has 0 spiro atoms. The van der Waals surface area contributed by atoms with Crippen molar-refractivity contribution in [1.29, 1.82) is 0 Å². The van der Waals surface area contributed by atoms with Crippen LogP contribution in [0.15, 0.2) is 157 Å². The Kier molecular flexibility index (Phi) is 1.99. The van der Waals surface area contributed by atoms with Crippen molar-refractivity contribution >= 4 is 43.1 Å². The summed E-state index contributed by atoms with van der Waals surface area (Å²) in [6.07, 6.45) is 0. The van der Waals surface area contributed by atoms with E-state index in [1.165, 1.54) is 0 Å². The summed E-state index contributed by atoms with van der Waals surface area (Å²) in [5, 5.41) is -5.27. The zero-order valence-corrected chi connectivity index (χ0v) is 20.0. The van der Waals surface area contributed by atoms with Crippen LogP contribution < -0.4 is 0 Å². The van der Waals surface area contributed by atoms with Crippen LogP contribution in [0.3, 0.4) is 0 Å². The predicted molar refractivity (Wildman–Crippen MR) is 173 cm³/mol. The highest BCUT2D eigenvalue weighted by Gasteiger charge is 2.17. The minimum Gasteiger partial charge on any atom is -0.0622 e. The molecule has 0 aliphatic heterocycles. The van der Waals surface area contributed by atoms with Gasteiger partial charge in [-0.15, -0.1) is 0 Å². The Morgan fingerprint density at radius 1 is 0.300 bits per heavy atom. The van der Waals surface area contributed by atoms with Crippen molar-refractivity contribution in [3.8, 4) is 33.4 Å². The van der Waals surface area contributed by atoms with Crippen LogP contribution in [0.25, 0.3) is 76.5 Å². The van der Waals surface area contributed by atoms with Crippen LogP contribution in [0.2, 0.25) is 0 Å². The molecule has 0 aliphatic carbocycles. The first-order valence-electron chi connectivity index (χ1n) is 24.8. The second-order valence-corrected chi connectivity index (χ2v) is 8.50. The highest BCUT2D eigenvalue weighted by Crippen LogP contribution is 2.44. The second-order valence-electron chi connectivity index (χ2n) is 8.50. The molecule has 0 fully saturated rings. The Bertz CT molecular complexity index is 3540. The lowest BCUT2D eigenvalue weighted by molar-refractivity contribution is 1.64. The highest BCUT2D eigenvalue weighted by atomic mass is 14.2. The summed E-state index contributed by atoms with van der Waals surface area (Å²) < 4.78 is 231. The topological polar surface area (TPSA) is 0 Å². The van der Waals surface area contributed by atoms with Crippen molar-refractivity contribution in [2.24, 2.45) is 0 Å². The maximum atomic E-state index is 9.86. The van der Waals surface area contributed by atoms with E-state index in [-0.39, 0.29) is 0 Å². The van der Waals surface area contributed by atoms with Gasteiger partial charge in [-0.2, -0.15) is 0 Å². The van der Waals surface area contributed by atoms with Crippen LogP contribution in [0.5, 0.6) is 0 Å². The molecule has 0 atom stereocenters. The molecule has 0 heterocycles. The molecule has 0 heteroatoms. The van der Waals surface area contributed by atoms with Gasteiger partial charge in [0.25, 0.3) is 0 Å². The maximum Gasteiger partial charge on any atom is 0.0636 e. The normalized spacial score (nSPS) is 20.6. The summed E-state index contributed by atoms with van der Waals surface area (Å²) in [5.74, 6) is 0. The van der Waals surface area contributed by atoms with E-state index in [0.717, 1.165) is 0 Å². The van der Waals surface area contributed by atoms with Gasteiger partial charge in [0.1, 0.15) is 0 Å². The molecule has 8 aromatic carbocycles. The summed E-state index contributed by atoms with van der Waals surface area (Å²) in [7, 11) is 0. The predicted octanol–water partition coefficient (Wildman–Crippen LogP) is 11.3. The molecule has 0 saturated heterocycles. The average Bonchev–Trinajstić information content (AvgIpc) is 3.28. The van der Waals surface area contributed by atoms with Gasteiger partial charge in [0, 0.05) is 0 Å². The SMILES string of the molecule is [2H]c1c([2H])c([2H])c(-c2c3c([2H])c([2H])c([2H])c([2H])c3c(-c3c([2H])c([2H])c([2H])c(-c4c([2H])c5c([2H])c([2H])c([2H])c([2H])c5c5c([2H])c([2H])c([2H])c([2H])c45)c3[2H])c3c([2H])c([2H])c([2H])c([2H])c23)c([2H])c1[2H]. The molecular formula is C40H26.